The van der Waals surface area contributed by atoms with Gasteiger partial charge in [0.1, 0.15) is 5.60 Å². The maximum absolute atomic E-state index is 11.9. The van der Waals surface area contributed by atoms with Crippen molar-refractivity contribution in [1.29, 1.82) is 0 Å². The lowest BCUT2D eigenvalue weighted by atomic mass is 10.0. The van der Waals surface area contributed by atoms with Gasteiger partial charge in [-0.15, -0.1) is 0 Å². The summed E-state index contributed by atoms with van der Waals surface area (Å²) < 4.78 is 5.32. The Balaban J connectivity index is 1.95. The smallest absolute Gasteiger partial charge is 0.407 e. The monoisotopic (exact) mass is 306 g/mol. The molecule has 1 aliphatic rings. The molecule has 0 unspecified atom stereocenters. The first-order valence-corrected chi connectivity index (χ1v) is 7.81. The maximum Gasteiger partial charge on any atom is 0.407 e. The standard InChI is InChI=1S/C17H26N2O3/c1-17(2,3)22-16(21)18-14-7-5-9-19(11-14)15-8-4-6-13(10-15)12-20/h4,6,8,10,14,20H,5,7,9,11-12H2,1-3H3,(H,18,21)/t14-/m1/s1. The van der Waals surface area contributed by atoms with Gasteiger partial charge in [0, 0.05) is 24.8 Å². The van der Waals surface area contributed by atoms with Crippen LogP contribution in [0.4, 0.5) is 10.5 Å². The van der Waals surface area contributed by atoms with Crippen LogP contribution in [0.25, 0.3) is 0 Å². The fourth-order valence-corrected chi connectivity index (χ4v) is 2.66. The molecule has 1 fully saturated rings. The molecule has 0 saturated carbocycles. The number of carbonyl (C=O) groups excluding carboxylic acids is 1. The molecule has 5 nitrogen and oxygen atoms in total. The van der Waals surface area contributed by atoms with Gasteiger partial charge in [-0.1, -0.05) is 12.1 Å². The molecule has 2 rings (SSSR count). The van der Waals surface area contributed by atoms with Crippen LogP contribution in [0.5, 0.6) is 0 Å². The average molecular weight is 306 g/mol. The number of piperidine rings is 1. The predicted molar refractivity (Wildman–Crippen MR) is 87.0 cm³/mol. The Morgan fingerprint density at radius 1 is 1.45 bits per heavy atom. The molecule has 2 N–H and O–H groups in total. The van der Waals surface area contributed by atoms with Crippen LogP contribution in [0, 0.1) is 0 Å². The number of rotatable bonds is 3. The molecule has 1 saturated heterocycles. The van der Waals surface area contributed by atoms with Crippen LogP contribution in [0.15, 0.2) is 24.3 Å². The zero-order valence-electron chi connectivity index (χ0n) is 13.6. The third kappa shape index (κ3) is 4.91. The zero-order chi connectivity index (χ0) is 16.2. The van der Waals surface area contributed by atoms with Gasteiger partial charge in [-0.2, -0.15) is 0 Å². The summed E-state index contributed by atoms with van der Waals surface area (Å²) in [6, 6.07) is 7.97. The van der Waals surface area contributed by atoms with Crippen molar-refractivity contribution in [2.24, 2.45) is 0 Å². The molecule has 1 atom stereocenters. The van der Waals surface area contributed by atoms with Gasteiger partial charge < -0.3 is 20.1 Å². The number of amides is 1. The molecule has 1 aromatic carbocycles. The summed E-state index contributed by atoms with van der Waals surface area (Å²) in [5.74, 6) is 0. The molecule has 0 aromatic heterocycles. The van der Waals surface area contributed by atoms with Gasteiger partial charge in [-0.3, -0.25) is 0 Å². The first kappa shape index (κ1) is 16.6. The molecule has 1 aromatic rings. The normalized spacial score (nSPS) is 18.9. The summed E-state index contributed by atoms with van der Waals surface area (Å²) in [5, 5.41) is 12.2. The van der Waals surface area contributed by atoms with Gasteiger partial charge in [-0.05, 0) is 51.3 Å². The Hall–Kier alpha value is -1.75. The second-order valence-electron chi connectivity index (χ2n) is 6.76. The van der Waals surface area contributed by atoms with Crippen molar-refractivity contribution in [2.45, 2.75) is 51.9 Å². The van der Waals surface area contributed by atoms with E-state index in [1.165, 1.54) is 0 Å². The first-order chi connectivity index (χ1) is 10.4. The van der Waals surface area contributed by atoms with E-state index in [9.17, 15) is 9.90 Å². The number of alkyl carbamates (subject to hydrolysis) is 1. The molecule has 0 spiro atoms. The number of benzene rings is 1. The third-order valence-electron chi connectivity index (χ3n) is 3.60. The first-order valence-electron chi connectivity index (χ1n) is 7.81. The van der Waals surface area contributed by atoms with Crippen molar-refractivity contribution in [1.82, 2.24) is 5.32 Å². The summed E-state index contributed by atoms with van der Waals surface area (Å²) in [6.45, 7) is 7.34. The number of carbonyl (C=O) groups is 1. The van der Waals surface area contributed by atoms with Crippen LogP contribution in [0.3, 0.4) is 0 Å². The van der Waals surface area contributed by atoms with E-state index in [0.29, 0.717) is 0 Å². The fourth-order valence-electron chi connectivity index (χ4n) is 2.66. The number of anilines is 1. The molecule has 22 heavy (non-hydrogen) atoms. The Bertz CT molecular complexity index is 511. The van der Waals surface area contributed by atoms with Crippen LogP contribution >= 0.6 is 0 Å². The van der Waals surface area contributed by atoms with Crippen molar-refractivity contribution in [3.05, 3.63) is 29.8 Å². The molecule has 1 heterocycles. The van der Waals surface area contributed by atoms with Crippen LogP contribution in [-0.4, -0.2) is 35.9 Å². The summed E-state index contributed by atoms with van der Waals surface area (Å²) in [4.78, 5) is 14.1. The number of aliphatic hydroxyl groups excluding tert-OH is 1. The maximum atomic E-state index is 11.9. The summed E-state index contributed by atoms with van der Waals surface area (Å²) >= 11 is 0. The van der Waals surface area contributed by atoms with E-state index < -0.39 is 5.60 Å². The van der Waals surface area contributed by atoms with E-state index >= 15 is 0 Å². The van der Waals surface area contributed by atoms with Crippen molar-refractivity contribution in [3.63, 3.8) is 0 Å². The van der Waals surface area contributed by atoms with Gasteiger partial charge in [0.25, 0.3) is 0 Å². The van der Waals surface area contributed by atoms with Gasteiger partial charge in [0.05, 0.1) is 6.61 Å². The average Bonchev–Trinajstić information content (AvgIpc) is 2.45. The van der Waals surface area contributed by atoms with Gasteiger partial charge in [-0.25, -0.2) is 4.79 Å². The highest BCUT2D eigenvalue weighted by atomic mass is 16.6. The zero-order valence-corrected chi connectivity index (χ0v) is 13.6. The van der Waals surface area contributed by atoms with Crippen LogP contribution in [-0.2, 0) is 11.3 Å². The number of hydrogen-bond acceptors (Lipinski definition) is 4. The Morgan fingerprint density at radius 2 is 2.23 bits per heavy atom. The molecular weight excluding hydrogens is 280 g/mol. The molecule has 0 bridgehead atoms. The molecule has 5 heteroatoms. The van der Waals surface area contributed by atoms with E-state index in [1.807, 2.05) is 45.0 Å². The Morgan fingerprint density at radius 3 is 2.91 bits per heavy atom. The quantitative estimate of drug-likeness (QED) is 0.901. The SMILES string of the molecule is CC(C)(C)OC(=O)N[C@@H]1CCCN(c2cccc(CO)c2)C1. The Kier molecular flexibility index (Phi) is 5.29. The minimum Gasteiger partial charge on any atom is -0.444 e. The fraction of sp³-hybridized carbons (Fsp3) is 0.588. The van der Waals surface area contributed by atoms with Crippen molar-refractivity contribution in [2.75, 3.05) is 18.0 Å². The molecule has 122 valence electrons. The highest BCUT2D eigenvalue weighted by Crippen LogP contribution is 2.21. The largest absolute Gasteiger partial charge is 0.444 e. The number of aliphatic hydroxyl groups is 1. The van der Waals surface area contributed by atoms with Crippen LogP contribution in [0.1, 0.15) is 39.2 Å². The third-order valence-corrected chi connectivity index (χ3v) is 3.60. The van der Waals surface area contributed by atoms with Gasteiger partial charge in [0.15, 0.2) is 0 Å². The van der Waals surface area contributed by atoms with Crippen molar-refractivity contribution < 1.29 is 14.6 Å². The topological polar surface area (TPSA) is 61.8 Å². The highest BCUT2D eigenvalue weighted by Gasteiger charge is 2.24. The predicted octanol–water partition coefficient (Wildman–Crippen LogP) is 2.67. The minimum atomic E-state index is -0.478. The molecule has 0 radical (unpaired) electrons. The molecule has 1 amide bonds. The summed E-state index contributed by atoms with van der Waals surface area (Å²) in [7, 11) is 0. The van der Waals surface area contributed by atoms with E-state index in [4.69, 9.17) is 4.74 Å². The van der Waals surface area contributed by atoms with Crippen molar-refractivity contribution >= 4 is 11.8 Å². The summed E-state index contributed by atoms with van der Waals surface area (Å²) in [6.07, 6.45) is 1.61. The van der Waals surface area contributed by atoms with E-state index in [1.54, 1.807) is 0 Å². The molecular formula is C17H26N2O3. The van der Waals surface area contributed by atoms with Crippen LogP contribution in [0.2, 0.25) is 0 Å². The number of nitrogens with zero attached hydrogens (tertiary/aromatic N) is 1. The lowest BCUT2D eigenvalue weighted by Gasteiger charge is -2.35. The second kappa shape index (κ2) is 7.01. The van der Waals surface area contributed by atoms with Gasteiger partial charge >= 0.3 is 6.09 Å². The number of hydrogen-bond donors (Lipinski definition) is 2. The second-order valence-corrected chi connectivity index (χ2v) is 6.76. The number of ether oxygens (including phenoxy) is 1. The van der Waals surface area contributed by atoms with Crippen LogP contribution < -0.4 is 10.2 Å². The Labute approximate surface area is 132 Å². The lowest BCUT2D eigenvalue weighted by Crippen LogP contribution is -2.49. The van der Waals surface area contributed by atoms with Crippen molar-refractivity contribution in [3.8, 4) is 0 Å². The van der Waals surface area contributed by atoms with Gasteiger partial charge in [0.2, 0.25) is 0 Å². The minimum absolute atomic E-state index is 0.0429. The molecule has 1 aliphatic heterocycles. The van der Waals surface area contributed by atoms with E-state index in [2.05, 4.69) is 10.2 Å². The highest BCUT2D eigenvalue weighted by molar-refractivity contribution is 5.68. The molecule has 0 aliphatic carbocycles. The number of nitrogens with one attached hydrogen (secondary N) is 1. The summed E-state index contributed by atoms with van der Waals surface area (Å²) in [5.41, 5.74) is 1.51. The van der Waals surface area contributed by atoms with E-state index in [0.717, 1.165) is 37.2 Å². The van der Waals surface area contributed by atoms with E-state index in [-0.39, 0.29) is 18.7 Å². The lowest BCUT2D eigenvalue weighted by molar-refractivity contribution is 0.0500.